The maximum Gasteiger partial charge on any atom is 0.391 e. The van der Waals surface area contributed by atoms with Gasteiger partial charge in [0, 0.05) is 19.1 Å². The third kappa shape index (κ3) is 7.85. The fourth-order valence-electron chi connectivity index (χ4n) is 3.37. The Morgan fingerprint density at radius 2 is 1.78 bits per heavy atom. The van der Waals surface area contributed by atoms with Gasteiger partial charge in [-0.1, -0.05) is 6.42 Å². The van der Waals surface area contributed by atoms with E-state index in [-0.39, 0.29) is 31.2 Å². The van der Waals surface area contributed by atoms with Gasteiger partial charge in [-0.25, -0.2) is 13.1 Å². The summed E-state index contributed by atoms with van der Waals surface area (Å²) in [7, 11) is -3.36. The molecule has 0 saturated heterocycles. The van der Waals surface area contributed by atoms with E-state index >= 15 is 0 Å². The fraction of sp³-hybridized carbons (Fsp3) is 0.941. The lowest BCUT2D eigenvalue weighted by molar-refractivity contribution is -0.182. The van der Waals surface area contributed by atoms with Crippen molar-refractivity contribution in [1.29, 1.82) is 0 Å². The Balaban J connectivity index is 1.76. The second kappa shape index (κ2) is 9.95. The molecule has 3 N–H and O–H groups in total. The summed E-state index contributed by atoms with van der Waals surface area (Å²) in [6, 6.07) is -0.0743. The van der Waals surface area contributed by atoms with E-state index in [0.717, 1.165) is 12.8 Å². The number of sulfonamides is 1. The van der Waals surface area contributed by atoms with Crippen LogP contribution >= 0.6 is 0 Å². The van der Waals surface area contributed by atoms with Crippen LogP contribution in [0.4, 0.5) is 13.2 Å². The second-order valence-electron chi connectivity index (χ2n) is 7.46. The Hall–Kier alpha value is -1.03. The number of nitrogens with zero attached hydrogens (tertiary/aromatic N) is 1. The van der Waals surface area contributed by atoms with Crippen LogP contribution in [0.3, 0.4) is 0 Å². The average Bonchev–Trinajstić information content (AvgIpc) is 2.53. The van der Waals surface area contributed by atoms with Crippen molar-refractivity contribution in [3.63, 3.8) is 0 Å². The van der Waals surface area contributed by atoms with Crippen LogP contribution in [0.25, 0.3) is 0 Å². The number of aliphatic imine (C=N–C) groups is 1. The summed E-state index contributed by atoms with van der Waals surface area (Å²) in [5.74, 6) is -0.407. The molecule has 0 aromatic carbocycles. The lowest BCUT2D eigenvalue weighted by atomic mass is 9.85. The molecule has 2 aliphatic carbocycles. The van der Waals surface area contributed by atoms with E-state index in [9.17, 15) is 21.6 Å². The van der Waals surface area contributed by atoms with E-state index in [2.05, 4.69) is 20.3 Å². The van der Waals surface area contributed by atoms with Crippen LogP contribution in [0.2, 0.25) is 0 Å². The highest BCUT2D eigenvalue weighted by molar-refractivity contribution is 7.89. The highest BCUT2D eigenvalue weighted by atomic mass is 32.2. The van der Waals surface area contributed by atoms with E-state index in [4.69, 9.17) is 0 Å². The third-order valence-corrected chi connectivity index (χ3v) is 6.65. The van der Waals surface area contributed by atoms with Gasteiger partial charge in [0.05, 0.1) is 18.2 Å². The standard InChI is InChI=1S/C17H31F3N4O2S/c1-2-21-16(24-15-8-6-14(7-9-15)17(18,19)20)22-10-11-27(25,26)23-12-13-4-3-5-13/h13-15,23H,2-12H2,1H3,(H2,21,22,24). The van der Waals surface area contributed by atoms with Gasteiger partial charge in [-0.15, -0.1) is 0 Å². The molecule has 0 aromatic rings. The molecule has 0 spiro atoms. The first-order valence-corrected chi connectivity index (χ1v) is 11.4. The van der Waals surface area contributed by atoms with Gasteiger partial charge in [-0.2, -0.15) is 13.2 Å². The largest absolute Gasteiger partial charge is 0.391 e. The lowest BCUT2D eigenvalue weighted by Gasteiger charge is -2.31. The van der Waals surface area contributed by atoms with Gasteiger partial charge in [0.1, 0.15) is 0 Å². The Morgan fingerprint density at radius 1 is 1.11 bits per heavy atom. The van der Waals surface area contributed by atoms with E-state index in [1.54, 1.807) is 0 Å². The van der Waals surface area contributed by atoms with Crippen LogP contribution in [0.15, 0.2) is 4.99 Å². The summed E-state index contributed by atoms with van der Waals surface area (Å²) < 4.78 is 64.9. The van der Waals surface area contributed by atoms with E-state index < -0.39 is 22.1 Å². The zero-order chi connectivity index (χ0) is 19.9. The molecule has 0 bridgehead atoms. The first kappa shape index (κ1) is 22.3. The third-order valence-electron chi connectivity index (χ3n) is 5.32. The molecule has 0 atom stereocenters. The maximum absolute atomic E-state index is 12.7. The number of guanidine groups is 1. The van der Waals surface area contributed by atoms with Crippen LogP contribution in [0.1, 0.15) is 51.9 Å². The van der Waals surface area contributed by atoms with Crippen molar-refractivity contribution in [2.45, 2.75) is 64.1 Å². The van der Waals surface area contributed by atoms with Gasteiger partial charge in [0.2, 0.25) is 10.0 Å². The van der Waals surface area contributed by atoms with E-state index in [0.29, 0.717) is 37.8 Å². The predicted molar refractivity (Wildman–Crippen MR) is 100 cm³/mol. The summed E-state index contributed by atoms with van der Waals surface area (Å²) in [4.78, 5) is 4.27. The maximum atomic E-state index is 12.7. The van der Waals surface area contributed by atoms with Crippen molar-refractivity contribution in [3.05, 3.63) is 0 Å². The molecule has 2 fully saturated rings. The summed E-state index contributed by atoms with van der Waals surface area (Å²) in [5, 5.41) is 6.17. The van der Waals surface area contributed by atoms with Crippen molar-refractivity contribution >= 4 is 16.0 Å². The van der Waals surface area contributed by atoms with Crippen molar-refractivity contribution in [2.75, 3.05) is 25.4 Å². The first-order valence-electron chi connectivity index (χ1n) is 9.78. The summed E-state index contributed by atoms with van der Waals surface area (Å²) in [6.07, 6.45) is 0.271. The summed E-state index contributed by atoms with van der Waals surface area (Å²) >= 11 is 0. The number of alkyl halides is 3. The van der Waals surface area contributed by atoms with Crippen LogP contribution in [-0.2, 0) is 10.0 Å². The number of halogens is 3. The number of hydrogen-bond acceptors (Lipinski definition) is 3. The van der Waals surface area contributed by atoms with Gasteiger partial charge in [-0.05, 0) is 51.4 Å². The molecule has 0 aromatic heterocycles. The van der Waals surface area contributed by atoms with Gasteiger partial charge >= 0.3 is 6.18 Å². The van der Waals surface area contributed by atoms with Crippen LogP contribution in [0, 0.1) is 11.8 Å². The molecule has 0 heterocycles. The zero-order valence-electron chi connectivity index (χ0n) is 15.8. The molecule has 0 unspecified atom stereocenters. The van der Waals surface area contributed by atoms with Crippen LogP contribution < -0.4 is 15.4 Å². The van der Waals surface area contributed by atoms with Crippen LogP contribution in [0.5, 0.6) is 0 Å². The summed E-state index contributed by atoms with van der Waals surface area (Å²) in [5.41, 5.74) is 0. The minimum Gasteiger partial charge on any atom is -0.357 e. The van der Waals surface area contributed by atoms with Gasteiger partial charge < -0.3 is 10.6 Å². The Bertz CT molecular complexity index is 583. The topological polar surface area (TPSA) is 82.6 Å². The molecule has 10 heteroatoms. The van der Waals surface area contributed by atoms with Crippen molar-refractivity contribution < 1.29 is 21.6 Å². The highest BCUT2D eigenvalue weighted by Crippen LogP contribution is 2.37. The smallest absolute Gasteiger partial charge is 0.357 e. The fourth-order valence-corrected chi connectivity index (χ4v) is 4.34. The molecule has 158 valence electrons. The monoisotopic (exact) mass is 412 g/mol. The molecular formula is C17H31F3N4O2S. The second-order valence-corrected chi connectivity index (χ2v) is 9.39. The number of rotatable bonds is 8. The molecule has 27 heavy (non-hydrogen) atoms. The van der Waals surface area contributed by atoms with Gasteiger partial charge in [0.15, 0.2) is 5.96 Å². The normalized spacial score (nSPS) is 25.1. The first-order chi connectivity index (χ1) is 12.7. The molecule has 0 aliphatic heterocycles. The van der Waals surface area contributed by atoms with E-state index in [1.807, 2.05) is 6.92 Å². The van der Waals surface area contributed by atoms with Gasteiger partial charge in [-0.3, -0.25) is 4.99 Å². The minimum atomic E-state index is -4.12. The predicted octanol–water partition coefficient (Wildman–Crippen LogP) is 2.38. The van der Waals surface area contributed by atoms with Crippen LogP contribution in [-0.4, -0.2) is 52.0 Å². The molecule has 2 saturated carbocycles. The van der Waals surface area contributed by atoms with E-state index in [1.165, 1.54) is 6.42 Å². The SMILES string of the molecule is CCNC(=NCCS(=O)(=O)NCC1CCC1)NC1CCC(C(F)(F)F)CC1. The number of hydrogen-bond donors (Lipinski definition) is 3. The number of nitrogens with one attached hydrogen (secondary N) is 3. The van der Waals surface area contributed by atoms with Crippen molar-refractivity contribution in [1.82, 2.24) is 15.4 Å². The lowest BCUT2D eigenvalue weighted by Crippen LogP contribution is -2.46. The Morgan fingerprint density at radius 3 is 2.30 bits per heavy atom. The zero-order valence-corrected chi connectivity index (χ0v) is 16.6. The molecular weight excluding hydrogens is 381 g/mol. The Labute approximate surface area is 159 Å². The van der Waals surface area contributed by atoms with Gasteiger partial charge in [0.25, 0.3) is 0 Å². The average molecular weight is 413 g/mol. The Kier molecular flexibility index (Phi) is 8.20. The molecule has 0 amide bonds. The summed E-state index contributed by atoms with van der Waals surface area (Å²) in [6.45, 7) is 3.07. The molecule has 6 nitrogen and oxygen atoms in total. The molecule has 2 aliphatic rings. The minimum absolute atomic E-state index is 0.0743. The van der Waals surface area contributed by atoms with Crippen molar-refractivity contribution in [3.8, 4) is 0 Å². The highest BCUT2D eigenvalue weighted by Gasteiger charge is 2.41. The van der Waals surface area contributed by atoms with Crippen molar-refractivity contribution in [2.24, 2.45) is 16.8 Å². The molecule has 0 radical (unpaired) electrons. The quantitative estimate of drug-likeness (QED) is 0.422. The molecule has 2 rings (SSSR count).